The first-order chi connectivity index (χ1) is 11.3. The zero-order chi connectivity index (χ0) is 17.8. The number of nitrogens with one attached hydrogen (secondary N) is 1. The number of halogens is 1. The van der Waals surface area contributed by atoms with E-state index in [1.807, 2.05) is 24.3 Å². The van der Waals surface area contributed by atoms with Crippen LogP contribution in [0.4, 0.5) is 0 Å². The Morgan fingerprint density at radius 1 is 1.28 bits per heavy atom. The lowest BCUT2D eigenvalue weighted by Gasteiger charge is -2.37. The van der Waals surface area contributed by atoms with Gasteiger partial charge in [0, 0.05) is 19.8 Å². The van der Waals surface area contributed by atoms with Crippen molar-refractivity contribution in [3.63, 3.8) is 0 Å². The van der Waals surface area contributed by atoms with Gasteiger partial charge in [-0.15, -0.1) is 12.4 Å². The van der Waals surface area contributed by atoms with E-state index in [-0.39, 0.29) is 18.3 Å². The maximum Gasteiger partial charge on any atom is 0.243 e. The largest absolute Gasteiger partial charge is 0.496 e. The molecule has 1 aromatic carbocycles. The average Bonchev–Trinajstić information content (AvgIpc) is 2.58. The number of hydrogen-bond donors (Lipinski definition) is 1. The van der Waals surface area contributed by atoms with Crippen LogP contribution in [-0.4, -0.2) is 64.0 Å². The number of amides is 1. The molecule has 1 aliphatic heterocycles. The Morgan fingerprint density at radius 2 is 1.88 bits per heavy atom. The third-order valence-electron chi connectivity index (χ3n) is 4.77. The number of piperidine rings is 1. The molecule has 1 heterocycles. The number of hydrogen-bond acceptors (Lipinski definition) is 5. The monoisotopic (exact) mass is 390 g/mol. The number of methoxy groups -OCH3 is 1. The van der Waals surface area contributed by atoms with E-state index < -0.39 is 14.6 Å². The van der Waals surface area contributed by atoms with Gasteiger partial charge in [-0.05, 0) is 44.0 Å². The lowest BCUT2D eigenvalue weighted by Crippen LogP contribution is -2.57. The molecule has 25 heavy (non-hydrogen) atoms. The van der Waals surface area contributed by atoms with Gasteiger partial charge in [-0.2, -0.15) is 0 Å². The minimum atomic E-state index is -3.48. The Balaban J connectivity index is 0.00000312. The first-order valence-electron chi connectivity index (χ1n) is 8.09. The SMILES string of the molecule is COc1ccccc1CCN(C)C(=O)C1(S(C)(=O)=O)CCNCC1.Cl. The van der Waals surface area contributed by atoms with Gasteiger partial charge in [0.15, 0.2) is 14.6 Å². The van der Waals surface area contributed by atoms with Crippen LogP contribution >= 0.6 is 12.4 Å². The van der Waals surface area contributed by atoms with E-state index in [1.165, 1.54) is 6.26 Å². The van der Waals surface area contributed by atoms with Gasteiger partial charge in [-0.3, -0.25) is 4.79 Å². The van der Waals surface area contributed by atoms with Crippen LogP contribution in [0.1, 0.15) is 18.4 Å². The van der Waals surface area contributed by atoms with Gasteiger partial charge in [-0.1, -0.05) is 18.2 Å². The molecule has 1 aromatic rings. The summed E-state index contributed by atoms with van der Waals surface area (Å²) in [6.07, 6.45) is 2.43. The Labute approximate surface area is 156 Å². The number of ether oxygens (including phenoxy) is 1. The summed E-state index contributed by atoms with van der Waals surface area (Å²) in [4.78, 5) is 14.5. The molecule has 2 rings (SSSR count). The van der Waals surface area contributed by atoms with Gasteiger partial charge in [0.25, 0.3) is 0 Å². The number of para-hydroxylation sites is 1. The molecule has 1 amide bonds. The molecule has 0 aromatic heterocycles. The molecule has 1 fully saturated rings. The van der Waals surface area contributed by atoms with Gasteiger partial charge < -0.3 is 15.0 Å². The molecule has 0 radical (unpaired) electrons. The van der Waals surface area contributed by atoms with E-state index in [4.69, 9.17) is 4.74 Å². The Bertz CT molecular complexity index is 688. The summed E-state index contributed by atoms with van der Waals surface area (Å²) in [6, 6.07) is 7.64. The Hall–Kier alpha value is -1.31. The normalized spacial score (nSPS) is 16.6. The maximum absolute atomic E-state index is 12.9. The van der Waals surface area contributed by atoms with Gasteiger partial charge in [0.1, 0.15) is 5.75 Å². The molecule has 0 aliphatic carbocycles. The molecular weight excluding hydrogens is 364 g/mol. The van der Waals surface area contributed by atoms with E-state index in [9.17, 15) is 13.2 Å². The summed E-state index contributed by atoms with van der Waals surface area (Å²) < 4.78 is 28.7. The summed E-state index contributed by atoms with van der Waals surface area (Å²) in [7, 11) is -0.198. The lowest BCUT2D eigenvalue weighted by molar-refractivity contribution is -0.133. The number of benzene rings is 1. The van der Waals surface area contributed by atoms with Crippen molar-refractivity contribution in [2.24, 2.45) is 0 Å². The van der Waals surface area contributed by atoms with Crippen LogP contribution in [0.2, 0.25) is 0 Å². The van der Waals surface area contributed by atoms with E-state index >= 15 is 0 Å². The molecule has 1 aliphatic rings. The highest BCUT2D eigenvalue weighted by molar-refractivity contribution is 7.92. The summed E-state index contributed by atoms with van der Waals surface area (Å²) in [5.41, 5.74) is 0.998. The highest BCUT2D eigenvalue weighted by Crippen LogP contribution is 2.30. The van der Waals surface area contributed by atoms with Crippen LogP contribution in [0.3, 0.4) is 0 Å². The summed E-state index contributed by atoms with van der Waals surface area (Å²) in [5.74, 6) is 0.472. The zero-order valence-electron chi connectivity index (χ0n) is 14.9. The second-order valence-corrected chi connectivity index (χ2v) is 8.63. The number of likely N-dealkylation sites (N-methyl/N-ethyl adjacent to an activating group) is 1. The standard InChI is InChI=1S/C17H26N2O4S.ClH/c1-19(13-8-14-6-4-5-7-15(14)23-2)16(20)17(24(3,21)22)9-11-18-12-10-17;/h4-7,18H,8-13H2,1-3H3;1H. The van der Waals surface area contributed by atoms with Gasteiger partial charge >= 0.3 is 0 Å². The first-order valence-corrected chi connectivity index (χ1v) is 9.99. The maximum atomic E-state index is 12.9. The van der Waals surface area contributed by atoms with E-state index in [2.05, 4.69) is 5.32 Å². The molecule has 8 heteroatoms. The molecule has 1 N–H and O–H groups in total. The predicted octanol–water partition coefficient (Wildman–Crippen LogP) is 1.28. The molecular formula is C17H27ClN2O4S. The van der Waals surface area contributed by atoms with E-state index in [0.29, 0.717) is 38.9 Å². The molecule has 0 spiro atoms. The second kappa shape index (κ2) is 8.87. The van der Waals surface area contributed by atoms with Gasteiger partial charge in [0.05, 0.1) is 7.11 Å². The molecule has 0 saturated carbocycles. The lowest BCUT2D eigenvalue weighted by atomic mass is 9.95. The Kier molecular flexibility index (Phi) is 7.71. The van der Waals surface area contributed by atoms with Crippen LogP contribution in [0, 0.1) is 0 Å². The zero-order valence-corrected chi connectivity index (χ0v) is 16.6. The van der Waals surface area contributed by atoms with Crippen molar-refractivity contribution in [1.82, 2.24) is 10.2 Å². The van der Waals surface area contributed by atoms with Crippen molar-refractivity contribution >= 4 is 28.2 Å². The third-order valence-corrected chi connectivity index (χ3v) is 6.77. The fourth-order valence-corrected chi connectivity index (χ4v) is 4.64. The molecule has 0 bridgehead atoms. The highest BCUT2D eigenvalue weighted by atomic mass is 35.5. The fourth-order valence-electron chi connectivity index (χ4n) is 3.22. The van der Waals surface area contributed by atoms with Crippen LogP contribution in [0.25, 0.3) is 0 Å². The molecule has 0 atom stereocenters. The average molecular weight is 391 g/mol. The smallest absolute Gasteiger partial charge is 0.243 e. The summed E-state index contributed by atoms with van der Waals surface area (Å²) in [5, 5.41) is 3.13. The van der Waals surface area contributed by atoms with Crippen LogP contribution in [0.15, 0.2) is 24.3 Å². The van der Waals surface area contributed by atoms with Crippen molar-refractivity contribution < 1.29 is 17.9 Å². The van der Waals surface area contributed by atoms with Crippen molar-refractivity contribution in [3.8, 4) is 5.75 Å². The number of sulfone groups is 1. The molecule has 0 unspecified atom stereocenters. The molecule has 1 saturated heterocycles. The molecule has 142 valence electrons. The minimum Gasteiger partial charge on any atom is -0.496 e. The van der Waals surface area contributed by atoms with Crippen LogP contribution in [0.5, 0.6) is 5.75 Å². The molecule has 6 nitrogen and oxygen atoms in total. The van der Waals surface area contributed by atoms with E-state index in [0.717, 1.165) is 11.3 Å². The number of carbonyl (C=O) groups is 1. The van der Waals surface area contributed by atoms with Crippen molar-refractivity contribution in [1.29, 1.82) is 0 Å². The summed E-state index contributed by atoms with van der Waals surface area (Å²) >= 11 is 0. The predicted molar refractivity (Wildman–Crippen MR) is 101 cm³/mol. The highest BCUT2D eigenvalue weighted by Gasteiger charge is 2.49. The van der Waals surface area contributed by atoms with Crippen molar-refractivity contribution in [2.75, 3.05) is 40.0 Å². The third kappa shape index (κ3) is 4.65. The number of nitrogens with zero attached hydrogens (tertiary/aromatic N) is 1. The second-order valence-electron chi connectivity index (χ2n) is 6.31. The van der Waals surface area contributed by atoms with Crippen LogP contribution in [-0.2, 0) is 21.1 Å². The minimum absolute atomic E-state index is 0. The Morgan fingerprint density at radius 3 is 2.44 bits per heavy atom. The summed E-state index contributed by atoms with van der Waals surface area (Å²) in [6.45, 7) is 1.53. The fraction of sp³-hybridized carbons (Fsp3) is 0.588. The number of carbonyl (C=O) groups excluding carboxylic acids is 1. The quantitative estimate of drug-likeness (QED) is 0.792. The van der Waals surface area contributed by atoms with Crippen LogP contribution < -0.4 is 10.1 Å². The van der Waals surface area contributed by atoms with E-state index in [1.54, 1.807) is 19.1 Å². The first kappa shape index (κ1) is 21.7. The van der Waals surface area contributed by atoms with Gasteiger partial charge in [-0.25, -0.2) is 8.42 Å². The topological polar surface area (TPSA) is 75.7 Å². The number of rotatable bonds is 6. The van der Waals surface area contributed by atoms with Gasteiger partial charge in [0.2, 0.25) is 5.91 Å². The van der Waals surface area contributed by atoms with Crippen molar-refractivity contribution in [2.45, 2.75) is 24.0 Å². The van der Waals surface area contributed by atoms with Crippen molar-refractivity contribution in [3.05, 3.63) is 29.8 Å².